The van der Waals surface area contributed by atoms with Crippen LogP contribution in [-0.2, 0) is 24.1 Å². The van der Waals surface area contributed by atoms with Crippen molar-refractivity contribution in [3.63, 3.8) is 0 Å². The number of alkyl halides is 2. The molecule has 0 aromatic heterocycles. The maximum atomic E-state index is 13.8. The van der Waals surface area contributed by atoms with Gasteiger partial charge in [-0.2, -0.15) is 0 Å². The number of aryl methyl sites for hydroxylation is 1. The molecule has 36 heavy (non-hydrogen) atoms. The Morgan fingerprint density at radius 1 is 0.889 bits per heavy atom. The molecule has 7 rings (SSSR count). The lowest BCUT2D eigenvalue weighted by molar-refractivity contribution is -0.140. The van der Waals surface area contributed by atoms with E-state index < -0.39 is 21.6 Å². The fourth-order valence-electron chi connectivity index (χ4n) is 6.14. The number of carbonyl (C=O) groups excluding carboxylic acids is 3. The number of likely N-dealkylation sites (tertiary alicyclic amines) is 1. The first-order chi connectivity index (χ1) is 17.2. The average Bonchev–Trinajstić information content (AvgIpc) is 3.13. The molecule has 1 aliphatic heterocycles. The molecular weight excluding hydrogens is 563 g/mol. The molecule has 3 aromatic rings. The maximum absolute atomic E-state index is 13.8. The van der Waals surface area contributed by atoms with Gasteiger partial charge in [0, 0.05) is 23.1 Å². The summed E-state index contributed by atoms with van der Waals surface area (Å²) in [5, 5.41) is 2.87. The minimum atomic E-state index is -1.22. The Bertz CT molecular complexity index is 1350. The van der Waals surface area contributed by atoms with E-state index in [0.717, 1.165) is 32.3 Å². The van der Waals surface area contributed by atoms with Crippen LogP contribution in [0.25, 0.3) is 0 Å². The molecule has 1 heterocycles. The second-order valence-corrected chi connectivity index (χ2v) is 11.7. The summed E-state index contributed by atoms with van der Waals surface area (Å²) in [6.45, 7) is 1.85. The van der Waals surface area contributed by atoms with E-state index in [1.54, 1.807) is 6.07 Å². The SMILES string of the molecule is Cc1cc(Br)ccc1NC(=O)CCN1C(=O)[C@H]2[C@H](C1=O)C1(Cl)c3ccccc3C2(Cl)c2ccccc21. The van der Waals surface area contributed by atoms with E-state index in [-0.39, 0.29) is 30.7 Å². The van der Waals surface area contributed by atoms with Crippen LogP contribution in [0.1, 0.15) is 34.2 Å². The summed E-state index contributed by atoms with van der Waals surface area (Å²) in [6.07, 6.45) is -0.0309. The highest BCUT2D eigenvalue weighted by molar-refractivity contribution is 9.10. The zero-order valence-corrected chi connectivity index (χ0v) is 22.3. The largest absolute Gasteiger partial charge is 0.326 e. The van der Waals surface area contributed by atoms with Gasteiger partial charge in [-0.3, -0.25) is 19.3 Å². The molecule has 0 saturated carbocycles. The molecule has 2 atom stereocenters. The summed E-state index contributed by atoms with van der Waals surface area (Å²) in [7, 11) is 0. The average molecular weight is 584 g/mol. The van der Waals surface area contributed by atoms with Gasteiger partial charge in [0.1, 0.15) is 9.75 Å². The summed E-state index contributed by atoms with van der Waals surface area (Å²) in [5.41, 5.74) is 4.61. The number of nitrogens with zero attached hydrogens (tertiary/aromatic N) is 1. The molecular formula is C28H21BrCl2N2O3. The van der Waals surface area contributed by atoms with Crippen molar-refractivity contribution in [2.75, 3.05) is 11.9 Å². The zero-order valence-electron chi connectivity index (χ0n) is 19.2. The van der Waals surface area contributed by atoms with Crippen LogP contribution in [-0.4, -0.2) is 29.2 Å². The third-order valence-electron chi connectivity index (χ3n) is 7.70. The van der Waals surface area contributed by atoms with E-state index in [0.29, 0.717) is 5.69 Å². The number of hydrogen-bond donors (Lipinski definition) is 1. The van der Waals surface area contributed by atoms with Crippen molar-refractivity contribution < 1.29 is 14.4 Å². The number of benzene rings is 3. The minimum Gasteiger partial charge on any atom is -0.326 e. The molecule has 182 valence electrons. The molecule has 4 aliphatic rings. The van der Waals surface area contributed by atoms with E-state index in [9.17, 15) is 14.4 Å². The number of hydrogen-bond acceptors (Lipinski definition) is 3. The molecule has 3 aliphatic carbocycles. The molecule has 3 amide bonds. The normalized spacial score (nSPS) is 27.5. The Morgan fingerprint density at radius 2 is 1.36 bits per heavy atom. The number of carbonyl (C=O) groups is 3. The van der Waals surface area contributed by atoms with Crippen molar-refractivity contribution in [1.29, 1.82) is 0 Å². The van der Waals surface area contributed by atoms with Gasteiger partial charge in [-0.05, 0) is 52.9 Å². The monoisotopic (exact) mass is 582 g/mol. The van der Waals surface area contributed by atoms with Crippen LogP contribution >= 0.6 is 39.1 Å². The predicted molar refractivity (Wildman–Crippen MR) is 142 cm³/mol. The smallest absolute Gasteiger partial charge is 0.235 e. The summed E-state index contributed by atoms with van der Waals surface area (Å²) in [4.78, 5) is 39.1. The molecule has 1 saturated heterocycles. The molecule has 0 radical (unpaired) electrons. The highest BCUT2D eigenvalue weighted by Gasteiger charge is 2.72. The van der Waals surface area contributed by atoms with Crippen LogP contribution in [0.2, 0.25) is 0 Å². The zero-order chi connectivity index (χ0) is 25.4. The highest BCUT2D eigenvalue weighted by atomic mass is 79.9. The Hall–Kier alpha value is -2.67. The van der Waals surface area contributed by atoms with Gasteiger partial charge in [-0.1, -0.05) is 64.5 Å². The van der Waals surface area contributed by atoms with Crippen molar-refractivity contribution >= 4 is 62.5 Å². The second kappa shape index (κ2) is 8.17. The molecule has 0 unspecified atom stereocenters. The van der Waals surface area contributed by atoms with Gasteiger partial charge in [0.05, 0.1) is 11.8 Å². The third-order valence-corrected chi connectivity index (χ3v) is 9.48. The van der Waals surface area contributed by atoms with E-state index in [1.807, 2.05) is 67.6 Å². The highest BCUT2D eigenvalue weighted by Crippen LogP contribution is 2.69. The lowest BCUT2D eigenvalue weighted by Gasteiger charge is -2.54. The fourth-order valence-corrected chi connectivity index (χ4v) is 7.71. The molecule has 5 nitrogen and oxygen atoms in total. The molecule has 8 heteroatoms. The number of nitrogens with one attached hydrogen (secondary N) is 1. The quantitative estimate of drug-likeness (QED) is 0.317. The second-order valence-electron chi connectivity index (χ2n) is 9.56. The molecule has 0 spiro atoms. The third kappa shape index (κ3) is 3.04. The van der Waals surface area contributed by atoms with E-state index in [4.69, 9.17) is 23.2 Å². The van der Waals surface area contributed by atoms with Crippen molar-refractivity contribution in [1.82, 2.24) is 4.90 Å². The first kappa shape index (κ1) is 23.7. The van der Waals surface area contributed by atoms with Gasteiger partial charge in [0.25, 0.3) is 0 Å². The van der Waals surface area contributed by atoms with Crippen molar-refractivity contribution in [2.45, 2.75) is 23.1 Å². The Balaban J connectivity index is 1.33. The number of imide groups is 1. The van der Waals surface area contributed by atoms with Gasteiger partial charge in [0.15, 0.2) is 0 Å². The van der Waals surface area contributed by atoms with Gasteiger partial charge < -0.3 is 5.32 Å². The predicted octanol–water partition coefficient (Wildman–Crippen LogP) is 5.68. The van der Waals surface area contributed by atoms with Crippen molar-refractivity contribution in [2.24, 2.45) is 11.8 Å². The molecule has 2 bridgehead atoms. The Labute approximate surface area is 226 Å². The Morgan fingerprint density at radius 3 is 1.81 bits per heavy atom. The number of halogens is 3. The number of anilines is 1. The first-order valence-electron chi connectivity index (χ1n) is 11.7. The fraction of sp³-hybridized carbons (Fsp3) is 0.250. The lowest BCUT2D eigenvalue weighted by Crippen LogP contribution is -2.57. The van der Waals surface area contributed by atoms with E-state index in [2.05, 4.69) is 21.2 Å². The van der Waals surface area contributed by atoms with Crippen molar-refractivity contribution in [3.8, 4) is 0 Å². The van der Waals surface area contributed by atoms with Crippen LogP contribution in [0, 0.1) is 18.8 Å². The first-order valence-corrected chi connectivity index (χ1v) is 13.2. The Kier molecular flexibility index (Phi) is 5.38. The van der Waals surface area contributed by atoms with Gasteiger partial charge in [-0.15, -0.1) is 23.2 Å². The number of amides is 3. The van der Waals surface area contributed by atoms with Crippen LogP contribution < -0.4 is 5.32 Å². The van der Waals surface area contributed by atoms with Crippen LogP contribution in [0.15, 0.2) is 71.2 Å². The summed E-state index contributed by atoms with van der Waals surface area (Å²) in [5.74, 6) is -2.77. The minimum absolute atomic E-state index is 0.0309. The van der Waals surface area contributed by atoms with Gasteiger partial charge in [0.2, 0.25) is 17.7 Å². The van der Waals surface area contributed by atoms with Crippen LogP contribution in [0.5, 0.6) is 0 Å². The van der Waals surface area contributed by atoms with Crippen LogP contribution in [0.4, 0.5) is 5.69 Å². The molecule has 1 N–H and O–H groups in total. The molecule has 1 fully saturated rings. The summed E-state index contributed by atoms with van der Waals surface area (Å²) in [6, 6.07) is 20.6. The van der Waals surface area contributed by atoms with E-state index >= 15 is 0 Å². The van der Waals surface area contributed by atoms with Gasteiger partial charge >= 0.3 is 0 Å². The standard InChI is InChI=1S/C28H21BrCl2N2O3/c1-15-14-16(29)10-11-21(15)32-22(34)12-13-33-25(35)23-24(26(33)36)28(31)18-7-3-2-6-17(18)27(23,30)19-8-4-5-9-20(19)28/h2-11,14,23-24H,12-13H2,1H3,(H,32,34)/t23-,24-,27?,28?/m1/s1. The van der Waals surface area contributed by atoms with Crippen LogP contribution in [0.3, 0.4) is 0 Å². The number of rotatable bonds is 4. The van der Waals surface area contributed by atoms with Gasteiger partial charge in [-0.25, -0.2) is 0 Å². The molecule has 3 aromatic carbocycles. The lowest BCUT2D eigenvalue weighted by atomic mass is 9.54. The van der Waals surface area contributed by atoms with E-state index in [1.165, 1.54) is 4.90 Å². The summed E-state index contributed by atoms with van der Waals surface area (Å²) < 4.78 is 0.912. The topological polar surface area (TPSA) is 66.5 Å². The maximum Gasteiger partial charge on any atom is 0.235 e. The van der Waals surface area contributed by atoms with Crippen molar-refractivity contribution in [3.05, 3.63) is 99.0 Å². The summed E-state index contributed by atoms with van der Waals surface area (Å²) >= 11 is 18.2.